The number of nitriles is 1. The van der Waals surface area contributed by atoms with Crippen LogP contribution in [0.5, 0.6) is 0 Å². The highest BCUT2D eigenvalue weighted by atomic mass is 16.2. The number of likely N-dealkylation sites (N-methyl/N-ethyl adjacent to an activating group) is 1. The summed E-state index contributed by atoms with van der Waals surface area (Å²) in [7, 11) is 1.77. The highest BCUT2D eigenvalue weighted by Crippen LogP contribution is 2.28. The molecule has 0 aliphatic carbocycles. The summed E-state index contributed by atoms with van der Waals surface area (Å²) in [5.41, 5.74) is 8.56. The average Bonchev–Trinajstić information content (AvgIpc) is 2.54. The standard InChI is InChI=1S/C12H13N3O/c1-15-11-3-2-8(5-10(14)7-13)4-9(11)6-12(15)16/h2-4,10H,5-6,14H2,1H3. The van der Waals surface area contributed by atoms with Crippen molar-refractivity contribution in [2.24, 2.45) is 5.73 Å². The first kappa shape index (κ1) is 10.7. The zero-order valence-electron chi connectivity index (χ0n) is 9.10. The van der Waals surface area contributed by atoms with Gasteiger partial charge in [-0.05, 0) is 17.2 Å². The first-order valence-electron chi connectivity index (χ1n) is 5.15. The van der Waals surface area contributed by atoms with Crippen molar-refractivity contribution < 1.29 is 4.79 Å². The maximum Gasteiger partial charge on any atom is 0.231 e. The SMILES string of the molecule is CN1C(=O)Cc2cc(CC(N)C#N)ccc21. The molecule has 0 bridgehead atoms. The van der Waals surface area contributed by atoms with Crippen LogP contribution in [-0.2, 0) is 17.6 Å². The van der Waals surface area contributed by atoms with Crippen molar-refractivity contribution in [1.82, 2.24) is 0 Å². The minimum Gasteiger partial charge on any atom is -0.316 e. The number of nitrogens with zero attached hydrogens (tertiary/aromatic N) is 2. The fourth-order valence-corrected chi connectivity index (χ4v) is 1.95. The van der Waals surface area contributed by atoms with E-state index in [1.54, 1.807) is 11.9 Å². The van der Waals surface area contributed by atoms with Crippen LogP contribution in [0.1, 0.15) is 11.1 Å². The van der Waals surface area contributed by atoms with Crippen molar-refractivity contribution in [2.45, 2.75) is 18.9 Å². The van der Waals surface area contributed by atoms with E-state index in [0.717, 1.165) is 16.8 Å². The van der Waals surface area contributed by atoms with Crippen LogP contribution < -0.4 is 10.6 Å². The van der Waals surface area contributed by atoms with Crippen molar-refractivity contribution >= 4 is 11.6 Å². The Morgan fingerprint density at radius 1 is 1.62 bits per heavy atom. The average molecular weight is 215 g/mol. The van der Waals surface area contributed by atoms with Crippen LogP contribution in [0, 0.1) is 11.3 Å². The van der Waals surface area contributed by atoms with E-state index in [4.69, 9.17) is 11.0 Å². The van der Waals surface area contributed by atoms with Crippen molar-refractivity contribution in [2.75, 3.05) is 11.9 Å². The zero-order chi connectivity index (χ0) is 11.7. The Labute approximate surface area is 94.3 Å². The predicted molar refractivity (Wildman–Crippen MR) is 60.8 cm³/mol. The Morgan fingerprint density at radius 3 is 3.06 bits per heavy atom. The quantitative estimate of drug-likeness (QED) is 0.785. The molecule has 1 aromatic carbocycles. The van der Waals surface area contributed by atoms with Crippen molar-refractivity contribution in [3.8, 4) is 6.07 Å². The largest absolute Gasteiger partial charge is 0.316 e. The maximum atomic E-state index is 11.5. The second-order valence-corrected chi connectivity index (χ2v) is 4.03. The minimum atomic E-state index is -0.479. The second kappa shape index (κ2) is 3.95. The summed E-state index contributed by atoms with van der Waals surface area (Å²) in [5, 5.41) is 8.64. The molecule has 16 heavy (non-hydrogen) atoms. The fourth-order valence-electron chi connectivity index (χ4n) is 1.95. The van der Waals surface area contributed by atoms with E-state index in [-0.39, 0.29) is 5.91 Å². The van der Waals surface area contributed by atoms with Crippen LogP contribution in [0.15, 0.2) is 18.2 Å². The molecule has 1 heterocycles. The molecule has 1 aliphatic heterocycles. The summed E-state index contributed by atoms with van der Waals surface area (Å²) in [6.45, 7) is 0. The Hall–Kier alpha value is -1.86. The zero-order valence-corrected chi connectivity index (χ0v) is 9.10. The van der Waals surface area contributed by atoms with Crippen molar-refractivity contribution in [1.29, 1.82) is 5.26 Å². The van der Waals surface area contributed by atoms with Gasteiger partial charge in [0.1, 0.15) is 0 Å². The van der Waals surface area contributed by atoms with Crippen LogP contribution in [0.3, 0.4) is 0 Å². The Kier molecular flexibility index (Phi) is 2.63. The van der Waals surface area contributed by atoms with Crippen LogP contribution in [-0.4, -0.2) is 19.0 Å². The van der Waals surface area contributed by atoms with Crippen LogP contribution in [0.25, 0.3) is 0 Å². The molecule has 0 saturated carbocycles. The molecule has 0 fully saturated rings. The molecule has 1 aromatic rings. The number of carbonyl (C=O) groups excluding carboxylic acids is 1. The molecule has 0 saturated heterocycles. The van der Waals surface area contributed by atoms with Gasteiger partial charge in [-0.1, -0.05) is 12.1 Å². The van der Waals surface area contributed by atoms with Crippen LogP contribution in [0.4, 0.5) is 5.69 Å². The smallest absolute Gasteiger partial charge is 0.231 e. The number of fused-ring (bicyclic) bond motifs is 1. The summed E-state index contributed by atoms with van der Waals surface area (Å²) in [5.74, 6) is 0.108. The summed E-state index contributed by atoms with van der Waals surface area (Å²) < 4.78 is 0. The van der Waals surface area contributed by atoms with E-state index in [0.29, 0.717) is 12.8 Å². The monoisotopic (exact) mass is 215 g/mol. The number of hydrogen-bond donors (Lipinski definition) is 1. The van der Waals surface area contributed by atoms with Gasteiger partial charge in [-0.15, -0.1) is 0 Å². The van der Waals surface area contributed by atoms with E-state index in [9.17, 15) is 4.79 Å². The highest BCUT2D eigenvalue weighted by molar-refractivity contribution is 6.00. The number of rotatable bonds is 2. The molecule has 1 unspecified atom stereocenters. The van der Waals surface area contributed by atoms with Crippen molar-refractivity contribution in [3.63, 3.8) is 0 Å². The topological polar surface area (TPSA) is 70.1 Å². The third kappa shape index (κ3) is 1.77. The first-order chi connectivity index (χ1) is 7.61. The number of amides is 1. The molecule has 0 radical (unpaired) electrons. The number of benzene rings is 1. The number of nitrogens with two attached hydrogens (primary N) is 1. The Balaban J connectivity index is 2.26. The minimum absolute atomic E-state index is 0.108. The second-order valence-electron chi connectivity index (χ2n) is 4.03. The predicted octanol–water partition coefficient (Wildman–Crippen LogP) is 0.599. The molecule has 0 aromatic heterocycles. The van der Waals surface area contributed by atoms with Crippen LogP contribution >= 0.6 is 0 Å². The number of hydrogen-bond acceptors (Lipinski definition) is 3. The molecule has 4 heteroatoms. The van der Waals surface area contributed by atoms with E-state index in [2.05, 4.69) is 0 Å². The molecule has 0 spiro atoms. The molecule has 1 amide bonds. The fraction of sp³-hybridized carbons (Fsp3) is 0.333. The maximum absolute atomic E-state index is 11.5. The normalized spacial score (nSPS) is 15.8. The van der Waals surface area contributed by atoms with Crippen LogP contribution in [0.2, 0.25) is 0 Å². The lowest BCUT2D eigenvalue weighted by atomic mass is 10.0. The third-order valence-electron chi connectivity index (χ3n) is 2.84. The van der Waals surface area contributed by atoms with Gasteiger partial charge in [-0.2, -0.15) is 5.26 Å². The Bertz CT molecular complexity index is 476. The van der Waals surface area contributed by atoms with E-state index in [1.807, 2.05) is 24.3 Å². The molecule has 2 N–H and O–H groups in total. The lowest BCUT2D eigenvalue weighted by molar-refractivity contribution is -0.117. The van der Waals surface area contributed by atoms with Gasteiger partial charge in [-0.3, -0.25) is 4.79 Å². The van der Waals surface area contributed by atoms with Gasteiger partial charge in [0.15, 0.2) is 0 Å². The van der Waals surface area contributed by atoms with Gasteiger partial charge in [0.2, 0.25) is 5.91 Å². The third-order valence-corrected chi connectivity index (χ3v) is 2.84. The van der Waals surface area contributed by atoms with E-state index < -0.39 is 6.04 Å². The van der Waals surface area contributed by atoms with Gasteiger partial charge >= 0.3 is 0 Å². The highest BCUT2D eigenvalue weighted by Gasteiger charge is 2.23. The van der Waals surface area contributed by atoms with Gasteiger partial charge in [-0.25, -0.2) is 0 Å². The number of anilines is 1. The molecule has 1 aliphatic rings. The van der Waals surface area contributed by atoms with Gasteiger partial charge < -0.3 is 10.6 Å². The van der Waals surface area contributed by atoms with Gasteiger partial charge in [0.05, 0.1) is 18.5 Å². The van der Waals surface area contributed by atoms with Crippen molar-refractivity contribution in [3.05, 3.63) is 29.3 Å². The lowest BCUT2D eigenvalue weighted by Gasteiger charge is -2.10. The summed E-state index contributed by atoms with van der Waals surface area (Å²) in [6, 6.07) is 7.32. The molecular weight excluding hydrogens is 202 g/mol. The molecule has 1 atom stereocenters. The number of carbonyl (C=O) groups is 1. The summed E-state index contributed by atoms with van der Waals surface area (Å²) in [4.78, 5) is 13.1. The van der Waals surface area contributed by atoms with Gasteiger partial charge in [0.25, 0.3) is 0 Å². The lowest BCUT2D eigenvalue weighted by Crippen LogP contribution is -2.20. The molecule has 4 nitrogen and oxygen atoms in total. The summed E-state index contributed by atoms with van der Waals surface area (Å²) in [6.07, 6.45) is 0.975. The molecular formula is C12H13N3O. The molecule has 2 rings (SSSR count). The Morgan fingerprint density at radius 2 is 2.38 bits per heavy atom. The molecule has 82 valence electrons. The van der Waals surface area contributed by atoms with E-state index in [1.165, 1.54) is 0 Å². The van der Waals surface area contributed by atoms with Gasteiger partial charge in [0, 0.05) is 19.2 Å². The summed E-state index contributed by atoms with van der Waals surface area (Å²) >= 11 is 0. The van der Waals surface area contributed by atoms with E-state index >= 15 is 0 Å². The first-order valence-corrected chi connectivity index (χ1v) is 5.15.